The van der Waals surface area contributed by atoms with Crippen LogP contribution in [-0.2, 0) is 4.74 Å². The summed E-state index contributed by atoms with van der Waals surface area (Å²) in [5.74, 6) is 0.905. The maximum atomic E-state index is 11.4. The van der Waals surface area contributed by atoms with Crippen LogP contribution in [0.1, 0.15) is 33.6 Å². The number of nitrogens with zero attached hydrogens (tertiary/aromatic N) is 2. The van der Waals surface area contributed by atoms with Gasteiger partial charge in [0, 0.05) is 19.1 Å². The summed E-state index contributed by atoms with van der Waals surface area (Å²) in [4.78, 5) is 13.6. The van der Waals surface area contributed by atoms with Crippen LogP contribution in [0.2, 0.25) is 0 Å². The number of amidine groups is 1. The standard InChI is InChI=1S/C12H24N4O2S/c1-4-19-11(14-15-12(17)18-9(2)3)16-7-5-10(13)6-8-16/h9-10H,4-8,13H2,1-3H3,(H,15,17)/b14-11-. The van der Waals surface area contributed by atoms with Gasteiger partial charge in [0.1, 0.15) is 0 Å². The fraction of sp³-hybridized carbons (Fsp3) is 0.833. The number of rotatable bonds is 3. The van der Waals surface area contributed by atoms with E-state index in [1.807, 2.05) is 0 Å². The Balaban J connectivity index is 2.53. The van der Waals surface area contributed by atoms with Gasteiger partial charge in [0.2, 0.25) is 0 Å². The molecule has 7 heteroatoms. The molecule has 0 saturated carbocycles. The van der Waals surface area contributed by atoms with Crippen molar-refractivity contribution in [1.29, 1.82) is 0 Å². The Bertz CT molecular complexity index is 315. The molecule has 1 heterocycles. The predicted molar refractivity (Wildman–Crippen MR) is 79.1 cm³/mol. The first-order valence-corrected chi connectivity index (χ1v) is 7.69. The molecule has 0 atom stereocenters. The topological polar surface area (TPSA) is 80.0 Å². The Morgan fingerprint density at radius 2 is 2.16 bits per heavy atom. The van der Waals surface area contributed by atoms with Crippen molar-refractivity contribution in [2.24, 2.45) is 10.8 Å². The van der Waals surface area contributed by atoms with Crippen molar-refractivity contribution in [3.63, 3.8) is 0 Å². The van der Waals surface area contributed by atoms with Gasteiger partial charge < -0.3 is 15.4 Å². The van der Waals surface area contributed by atoms with Gasteiger partial charge in [-0.1, -0.05) is 18.7 Å². The highest BCUT2D eigenvalue weighted by Gasteiger charge is 2.19. The number of ether oxygens (including phenoxy) is 1. The summed E-state index contributed by atoms with van der Waals surface area (Å²) < 4.78 is 4.98. The van der Waals surface area contributed by atoms with Gasteiger partial charge in [-0.15, -0.1) is 5.10 Å². The Kier molecular flexibility index (Phi) is 7.01. The minimum Gasteiger partial charge on any atom is -0.446 e. The van der Waals surface area contributed by atoms with Crippen LogP contribution in [0.5, 0.6) is 0 Å². The van der Waals surface area contributed by atoms with Gasteiger partial charge in [-0.3, -0.25) is 0 Å². The van der Waals surface area contributed by atoms with Crippen LogP contribution in [0.4, 0.5) is 4.79 Å². The first kappa shape index (κ1) is 16.1. The van der Waals surface area contributed by atoms with Crippen LogP contribution in [0.3, 0.4) is 0 Å². The van der Waals surface area contributed by atoms with E-state index in [2.05, 4.69) is 22.4 Å². The molecule has 0 aromatic rings. The molecule has 19 heavy (non-hydrogen) atoms. The number of carbonyl (C=O) groups is 1. The maximum absolute atomic E-state index is 11.4. The summed E-state index contributed by atoms with van der Waals surface area (Å²) in [5.41, 5.74) is 8.33. The number of piperidine rings is 1. The van der Waals surface area contributed by atoms with Crippen molar-refractivity contribution in [1.82, 2.24) is 10.3 Å². The predicted octanol–water partition coefficient (Wildman–Crippen LogP) is 1.57. The zero-order valence-electron chi connectivity index (χ0n) is 11.9. The number of thioether (sulfide) groups is 1. The number of carbonyl (C=O) groups excluding carboxylic acids is 1. The number of hydrogen-bond donors (Lipinski definition) is 2. The SMILES string of the molecule is CCS/C(=N\NC(=O)OC(C)C)N1CCC(N)CC1. The number of nitrogens with one attached hydrogen (secondary N) is 1. The van der Waals surface area contributed by atoms with Crippen LogP contribution >= 0.6 is 11.8 Å². The molecule has 3 N–H and O–H groups in total. The minimum atomic E-state index is -0.516. The lowest BCUT2D eigenvalue weighted by molar-refractivity contribution is 0.116. The van der Waals surface area contributed by atoms with Crippen LogP contribution in [0.25, 0.3) is 0 Å². The fourth-order valence-corrected chi connectivity index (χ4v) is 2.48. The first-order chi connectivity index (χ1) is 9.02. The Labute approximate surface area is 119 Å². The molecule has 0 aromatic heterocycles. The summed E-state index contributed by atoms with van der Waals surface area (Å²) >= 11 is 1.61. The van der Waals surface area contributed by atoms with Crippen molar-refractivity contribution >= 4 is 23.0 Å². The molecule has 1 saturated heterocycles. The third-order valence-corrected chi connectivity index (χ3v) is 3.57. The van der Waals surface area contributed by atoms with Crippen molar-refractivity contribution in [3.8, 4) is 0 Å². The highest BCUT2D eigenvalue weighted by molar-refractivity contribution is 8.13. The number of hydrazone groups is 1. The van der Waals surface area contributed by atoms with Crippen molar-refractivity contribution in [2.45, 2.75) is 45.8 Å². The van der Waals surface area contributed by atoms with Gasteiger partial charge in [0.05, 0.1) is 6.10 Å². The van der Waals surface area contributed by atoms with Crippen LogP contribution in [0, 0.1) is 0 Å². The number of nitrogens with two attached hydrogens (primary N) is 1. The average Bonchev–Trinajstić information content (AvgIpc) is 2.35. The molecule has 0 spiro atoms. The minimum absolute atomic E-state index is 0.148. The lowest BCUT2D eigenvalue weighted by atomic mass is 10.1. The smallest absolute Gasteiger partial charge is 0.428 e. The molecule has 110 valence electrons. The quantitative estimate of drug-likeness (QED) is 0.468. The van der Waals surface area contributed by atoms with Gasteiger partial charge >= 0.3 is 6.09 Å². The third kappa shape index (κ3) is 6.15. The van der Waals surface area contributed by atoms with Gasteiger partial charge in [0.15, 0.2) is 5.17 Å². The highest BCUT2D eigenvalue weighted by atomic mass is 32.2. The zero-order valence-corrected chi connectivity index (χ0v) is 12.7. The van der Waals surface area contributed by atoms with E-state index in [0.717, 1.165) is 36.9 Å². The summed E-state index contributed by atoms with van der Waals surface area (Å²) in [6.45, 7) is 7.43. The van der Waals surface area contributed by atoms with E-state index in [1.165, 1.54) is 0 Å². The molecular formula is C12H24N4O2S. The van der Waals surface area contributed by atoms with Crippen LogP contribution in [-0.4, -0.2) is 47.1 Å². The molecule has 0 radical (unpaired) electrons. The number of likely N-dealkylation sites (tertiary alicyclic amines) is 1. The second-order valence-electron chi connectivity index (χ2n) is 4.72. The maximum Gasteiger partial charge on any atom is 0.428 e. The van der Waals surface area contributed by atoms with E-state index >= 15 is 0 Å². The van der Waals surface area contributed by atoms with Gasteiger partial charge in [-0.25, -0.2) is 10.2 Å². The second kappa shape index (κ2) is 8.27. The Morgan fingerprint density at radius 1 is 1.53 bits per heavy atom. The normalized spacial score (nSPS) is 17.7. The second-order valence-corrected chi connectivity index (χ2v) is 5.95. The molecular weight excluding hydrogens is 264 g/mol. The van der Waals surface area contributed by atoms with Crippen molar-refractivity contribution in [3.05, 3.63) is 0 Å². The van der Waals surface area contributed by atoms with Crippen LogP contribution < -0.4 is 11.2 Å². The van der Waals surface area contributed by atoms with E-state index in [1.54, 1.807) is 25.6 Å². The zero-order chi connectivity index (χ0) is 14.3. The highest BCUT2D eigenvalue weighted by Crippen LogP contribution is 2.15. The third-order valence-electron chi connectivity index (χ3n) is 2.67. The molecule has 1 rings (SSSR count). The number of amides is 1. The first-order valence-electron chi connectivity index (χ1n) is 6.70. The molecule has 0 unspecified atom stereocenters. The molecule has 0 bridgehead atoms. The monoisotopic (exact) mass is 288 g/mol. The summed E-state index contributed by atoms with van der Waals surface area (Å²) in [5, 5.41) is 4.98. The Hall–Kier alpha value is -0.950. The Morgan fingerprint density at radius 3 is 2.68 bits per heavy atom. The van der Waals surface area contributed by atoms with Gasteiger partial charge in [0.25, 0.3) is 0 Å². The fourth-order valence-electron chi connectivity index (χ4n) is 1.75. The van der Waals surface area contributed by atoms with Crippen molar-refractivity contribution in [2.75, 3.05) is 18.8 Å². The molecule has 0 aromatic carbocycles. The summed E-state index contributed by atoms with van der Waals surface area (Å²) in [6, 6.07) is 0.281. The summed E-state index contributed by atoms with van der Waals surface area (Å²) in [6.07, 6.45) is 1.25. The summed E-state index contributed by atoms with van der Waals surface area (Å²) in [7, 11) is 0. The van der Waals surface area contributed by atoms with Gasteiger partial charge in [-0.05, 0) is 32.4 Å². The lowest BCUT2D eigenvalue weighted by Crippen LogP contribution is -2.42. The van der Waals surface area contributed by atoms with Gasteiger partial charge in [-0.2, -0.15) is 0 Å². The largest absolute Gasteiger partial charge is 0.446 e. The number of hydrogen-bond acceptors (Lipinski definition) is 5. The van der Waals surface area contributed by atoms with E-state index in [4.69, 9.17) is 10.5 Å². The molecule has 1 aliphatic rings. The lowest BCUT2D eigenvalue weighted by Gasteiger charge is -2.31. The molecule has 6 nitrogen and oxygen atoms in total. The average molecular weight is 288 g/mol. The van der Waals surface area contributed by atoms with E-state index in [9.17, 15) is 4.79 Å². The molecule has 1 aliphatic heterocycles. The molecule has 1 amide bonds. The molecule has 1 fully saturated rings. The van der Waals surface area contributed by atoms with Crippen molar-refractivity contribution < 1.29 is 9.53 Å². The van der Waals surface area contributed by atoms with E-state index in [0.29, 0.717) is 0 Å². The van der Waals surface area contributed by atoms with Crippen LogP contribution in [0.15, 0.2) is 5.10 Å². The van der Waals surface area contributed by atoms with E-state index < -0.39 is 6.09 Å². The molecule has 0 aliphatic carbocycles. The van der Waals surface area contributed by atoms with E-state index in [-0.39, 0.29) is 12.1 Å².